The maximum absolute atomic E-state index is 15.3. The summed E-state index contributed by atoms with van der Waals surface area (Å²) in [5.74, 6) is -2.93. The molecule has 1 aliphatic rings. The Balaban J connectivity index is 2.07. The molecule has 1 heterocycles. The molecule has 0 saturated heterocycles. The normalized spacial score (nSPS) is 17.8. The number of hydrogen-bond acceptors (Lipinski definition) is 6. The summed E-state index contributed by atoms with van der Waals surface area (Å²) < 4.78 is 52.8. The number of benzene rings is 1. The lowest BCUT2D eigenvalue weighted by molar-refractivity contribution is -0.123. The number of esters is 1. The van der Waals surface area contributed by atoms with E-state index in [-0.39, 0.29) is 28.6 Å². The molecule has 3 rings (SSSR count). The number of amides is 1. The van der Waals surface area contributed by atoms with E-state index in [0.717, 1.165) is 38.3 Å². The summed E-state index contributed by atoms with van der Waals surface area (Å²) >= 11 is 0. The Morgan fingerprint density at radius 2 is 1.86 bits per heavy atom. The van der Waals surface area contributed by atoms with Crippen LogP contribution < -0.4 is 9.64 Å². The van der Waals surface area contributed by atoms with Crippen molar-refractivity contribution in [1.29, 1.82) is 0 Å². The predicted octanol–water partition coefficient (Wildman–Crippen LogP) is 5.80. The first kappa shape index (κ1) is 27.4. The van der Waals surface area contributed by atoms with Gasteiger partial charge < -0.3 is 19.5 Å². The van der Waals surface area contributed by atoms with Crippen LogP contribution in [0.1, 0.15) is 74.4 Å². The number of methoxy groups -OCH3 is 1. The van der Waals surface area contributed by atoms with Crippen LogP contribution in [0, 0.1) is 17.7 Å². The van der Waals surface area contributed by atoms with E-state index in [9.17, 15) is 23.5 Å². The Bertz CT molecular complexity index is 1100. The fourth-order valence-electron chi connectivity index (χ4n) is 4.50. The van der Waals surface area contributed by atoms with Gasteiger partial charge in [-0.25, -0.2) is 22.9 Å². The molecule has 0 spiro atoms. The van der Waals surface area contributed by atoms with Crippen LogP contribution in [-0.4, -0.2) is 35.1 Å². The van der Waals surface area contributed by atoms with Crippen molar-refractivity contribution >= 4 is 17.6 Å². The first-order chi connectivity index (χ1) is 17.1. The number of carbonyl (C=O) groups excluding carboxylic acids is 2. The zero-order valence-corrected chi connectivity index (χ0v) is 20.8. The van der Waals surface area contributed by atoms with Crippen molar-refractivity contribution in [3.05, 3.63) is 46.9 Å². The molecule has 1 N–H and O–H groups in total. The number of aliphatic hydroxyl groups excluding tert-OH is 1. The van der Waals surface area contributed by atoms with E-state index in [1.807, 2.05) is 0 Å². The van der Waals surface area contributed by atoms with Crippen molar-refractivity contribution in [2.75, 3.05) is 12.0 Å². The average molecular weight is 509 g/mol. The summed E-state index contributed by atoms with van der Waals surface area (Å²) in [5.41, 5.74) is -0.958. The number of alkyl halides is 2. The first-order valence-electron chi connectivity index (χ1n) is 11.9. The predicted molar refractivity (Wildman–Crippen MR) is 127 cm³/mol. The van der Waals surface area contributed by atoms with Gasteiger partial charge in [0.15, 0.2) is 11.6 Å². The SMILES string of the molecule is COC(=O)c1cc(Oc2nccc(CO)c2C(F)F)c(F)cc1N(C(=O)[C@H]1CC[C@H](C)CC1)C(C)C. The Morgan fingerprint density at radius 3 is 2.42 bits per heavy atom. The first-order valence-corrected chi connectivity index (χ1v) is 11.9. The zero-order valence-electron chi connectivity index (χ0n) is 20.8. The maximum Gasteiger partial charge on any atom is 0.340 e. The highest BCUT2D eigenvalue weighted by Gasteiger charge is 2.33. The minimum atomic E-state index is -3.05. The van der Waals surface area contributed by atoms with Gasteiger partial charge in [-0.1, -0.05) is 6.92 Å². The zero-order chi connectivity index (χ0) is 26.6. The molecule has 0 unspecified atom stereocenters. The molecule has 1 fully saturated rings. The number of aliphatic hydroxyl groups is 1. The minimum Gasteiger partial charge on any atom is -0.465 e. The highest BCUT2D eigenvalue weighted by atomic mass is 19.3. The lowest BCUT2D eigenvalue weighted by Crippen LogP contribution is -2.43. The monoisotopic (exact) mass is 508 g/mol. The molecule has 1 aromatic carbocycles. The summed E-state index contributed by atoms with van der Waals surface area (Å²) in [5, 5.41) is 9.40. The second-order valence-corrected chi connectivity index (χ2v) is 9.30. The Morgan fingerprint density at radius 1 is 1.19 bits per heavy atom. The van der Waals surface area contributed by atoms with Crippen LogP contribution in [0.25, 0.3) is 0 Å². The second-order valence-electron chi connectivity index (χ2n) is 9.30. The summed E-state index contributed by atoms with van der Waals surface area (Å²) in [7, 11) is 1.14. The second kappa shape index (κ2) is 11.7. The van der Waals surface area contributed by atoms with Gasteiger partial charge >= 0.3 is 5.97 Å². The molecule has 0 radical (unpaired) electrons. The van der Waals surface area contributed by atoms with Crippen LogP contribution in [0.2, 0.25) is 0 Å². The fraction of sp³-hybridized carbons (Fsp3) is 0.500. The van der Waals surface area contributed by atoms with E-state index >= 15 is 4.39 Å². The molecule has 36 heavy (non-hydrogen) atoms. The van der Waals surface area contributed by atoms with Crippen LogP contribution in [0.3, 0.4) is 0 Å². The van der Waals surface area contributed by atoms with Gasteiger partial charge in [0.25, 0.3) is 6.43 Å². The summed E-state index contributed by atoms with van der Waals surface area (Å²) in [4.78, 5) is 31.3. The molecular formula is C26H31F3N2O5. The van der Waals surface area contributed by atoms with Gasteiger partial charge in [-0.15, -0.1) is 0 Å². The third-order valence-electron chi connectivity index (χ3n) is 6.47. The van der Waals surface area contributed by atoms with Crippen molar-refractivity contribution in [2.24, 2.45) is 11.8 Å². The third-order valence-corrected chi connectivity index (χ3v) is 6.47. The van der Waals surface area contributed by atoms with E-state index in [1.165, 1.54) is 11.0 Å². The van der Waals surface area contributed by atoms with E-state index < -0.39 is 48.1 Å². The number of pyridine rings is 1. The van der Waals surface area contributed by atoms with Gasteiger partial charge in [-0.3, -0.25) is 4.79 Å². The van der Waals surface area contributed by atoms with Crippen LogP contribution in [0.5, 0.6) is 11.6 Å². The molecule has 1 aromatic heterocycles. The Hall–Kier alpha value is -3.14. The van der Waals surface area contributed by atoms with Gasteiger partial charge in [0.05, 0.1) is 30.5 Å². The van der Waals surface area contributed by atoms with Crippen molar-refractivity contribution in [3.8, 4) is 11.6 Å². The van der Waals surface area contributed by atoms with Crippen molar-refractivity contribution < 1.29 is 37.3 Å². The van der Waals surface area contributed by atoms with Crippen molar-refractivity contribution in [1.82, 2.24) is 4.98 Å². The van der Waals surface area contributed by atoms with E-state index in [4.69, 9.17) is 9.47 Å². The number of aromatic nitrogens is 1. The molecule has 7 nitrogen and oxygen atoms in total. The molecule has 196 valence electrons. The third kappa shape index (κ3) is 5.80. The summed E-state index contributed by atoms with van der Waals surface area (Å²) in [6.07, 6.45) is 1.29. The number of rotatable bonds is 8. The topological polar surface area (TPSA) is 89.0 Å². The molecule has 1 saturated carbocycles. The number of hydrogen-bond donors (Lipinski definition) is 1. The smallest absolute Gasteiger partial charge is 0.340 e. The quantitative estimate of drug-likeness (QED) is 0.454. The van der Waals surface area contributed by atoms with E-state index in [2.05, 4.69) is 11.9 Å². The van der Waals surface area contributed by atoms with E-state index in [0.29, 0.717) is 18.8 Å². The summed E-state index contributed by atoms with van der Waals surface area (Å²) in [6, 6.07) is 2.79. The maximum atomic E-state index is 15.3. The number of anilines is 1. The lowest BCUT2D eigenvalue weighted by atomic mass is 9.82. The number of nitrogens with zero attached hydrogens (tertiary/aromatic N) is 2. The van der Waals surface area contributed by atoms with Crippen LogP contribution >= 0.6 is 0 Å². The molecule has 0 atom stereocenters. The lowest BCUT2D eigenvalue weighted by Gasteiger charge is -2.34. The van der Waals surface area contributed by atoms with Gasteiger partial charge in [0.1, 0.15) is 0 Å². The van der Waals surface area contributed by atoms with E-state index in [1.54, 1.807) is 13.8 Å². The Labute approximate surface area is 208 Å². The molecule has 2 aromatic rings. The fourth-order valence-corrected chi connectivity index (χ4v) is 4.50. The molecule has 1 amide bonds. The van der Waals surface area contributed by atoms with Crippen LogP contribution in [0.15, 0.2) is 24.4 Å². The Kier molecular flexibility index (Phi) is 8.94. The van der Waals surface area contributed by atoms with Crippen molar-refractivity contribution in [2.45, 2.75) is 65.5 Å². The van der Waals surface area contributed by atoms with Gasteiger partial charge in [-0.2, -0.15) is 0 Å². The number of ether oxygens (including phenoxy) is 2. The average Bonchev–Trinajstić information content (AvgIpc) is 2.84. The van der Waals surface area contributed by atoms with Gasteiger partial charge in [-0.05, 0) is 57.1 Å². The van der Waals surface area contributed by atoms with Gasteiger partial charge in [0, 0.05) is 30.3 Å². The van der Waals surface area contributed by atoms with Crippen LogP contribution in [-0.2, 0) is 16.1 Å². The highest BCUT2D eigenvalue weighted by molar-refractivity contribution is 6.04. The van der Waals surface area contributed by atoms with Crippen molar-refractivity contribution in [3.63, 3.8) is 0 Å². The number of halogens is 3. The molecule has 0 bridgehead atoms. The van der Waals surface area contributed by atoms with Crippen LogP contribution in [0.4, 0.5) is 18.9 Å². The largest absolute Gasteiger partial charge is 0.465 e. The molecule has 10 heteroatoms. The van der Waals surface area contributed by atoms with Gasteiger partial charge in [0.2, 0.25) is 11.8 Å². The molecule has 1 aliphatic carbocycles. The summed E-state index contributed by atoms with van der Waals surface area (Å²) in [6.45, 7) is 4.95. The molecule has 0 aliphatic heterocycles. The molecular weight excluding hydrogens is 477 g/mol. The minimum absolute atomic E-state index is 0.0106. The number of carbonyl (C=O) groups is 2. The highest BCUT2D eigenvalue weighted by Crippen LogP contribution is 2.38. The standard InChI is InChI=1S/C26H31F3N2O5/c1-14(2)31(25(33)16-7-5-15(3)6-8-16)20-12-19(27)21(11-18(20)26(34)35-4)36-24-22(23(28)29)17(13-32)9-10-30-24/h9-12,14-16,23,32H,5-8,13H2,1-4H3/t15-,16-.